The van der Waals surface area contributed by atoms with Crippen LogP contribution in [0.15, 0.2) is 53.4 Å². The highest BCUT2D eigenvalue weighted by Crippen LogP contribution is 2.26. The number of aromatic nitrogens is 2. The van der Waals surface area contributed by atoms with Gasteiger partial charge in [-0.3, -0.25) is 4.79 Å². The molecule has 1 fully saturated rings. The second kappa shape index (κ2) is 8.34. The summed E-state index contributed by atoms with van der Waals surface area (Å²) in [5.41, 5.74) is 3.55. The molecule has 3 aromatic rings. The molecule has 0 bridgehead atoms. The van der Waals surface area contributed by atoms with Crippen molar-refractivity contribution in [3.63, 3.8) is 0 Å². The van der Waals surface area contributed by atoms with E-state index in [9.17, 15) is 4.79 Å². The maximum Gasteiger partial charge on any atom is 0.289 e. The van der Waals surface area contributed by atoms with Crippen molar-refractivity contribution in [1.82, 2.24) is 14.9 Å². The van der Waals surface area contributed by atoms with Crippen molar-refractivity contribution in [2.45, 2.75) is 20.3 Å². The molecule has 0 atom stereocenters. The van der Waals surface area contributed by atoms with Gasteiger partial charge in [0.1, 0.15) is 18.0 Å². The van der Waals surface area contributed by atoms with E-state index in [1.165, 1.54) is 17.4 Å². The van der Waals surface area contributed by atoms with E-state index >= 15 is 0 Å². The van der Waals surface area contributed by atoms with Gasteiger partial charge in [0.15, 0.2) is 5.76 Å². The molecule has 1 aromatic carbocycles. The molecule has 4 rings (SSSR count). The van der Waals surface area contributed by atoms with Crippen LogP contribution in [0.1, 0.15) is 28.6 Å². The van der Waals surface area contributed by atoms with Crippen molar-refractivity contribution in [2.24, 2.45) is 0 Å². The van der Waals surface area contributed by atoms with Crippen molar-refractivity contribution in [3.05, 3.63) is 65.9 Å². The smallest absolute Gasteiger partial charge is 0.289 e. The van der Waals surface area contributed by atoms with Gasteiger partial charge in [0.25, 0.3) is 5.91 Å². The number of carbonyl (C=O) groups excluding carboxylic acids is 1. The summed E-state index contributed by atoms with van der Waals surface area (Å²) >= 11 is 0. The van der Waals surface area contributed by atoms with Crippen LogP contribution < -0.4 is 10.2 Å². The fraction of sp³-hybridized carbons (Fsp3) is 0.318. The number of para-hydroxylation sites is 1. The first-order chi connectivity index (χ1) is 14.2. The number of nitrogens with zero attached hydrogens (tertiary/aromatic N) is 4. The third kappa shape index (κ3) is 4.08. The highest BCUT2D eigenvalue weighted by molar-refractivity contribution is 5.91. The molecule has 7 heteroatoms. The number of hydrogen-bond donors (Lipinski definition) is 1. The molecule has 1 aliphatic heterocycles. The van der Waals surface area contributed by atoms with E-state index in [1.54, 1.807) is 18.5 Å². The minimum atomic E-state index is -0.0636. The fourth-order valence-electron chi connectivity index (χ4n) is 3.61. The number of anilines is 3. The van der Waals surface area contributed by atoms with E-state index in [2.05, 4.69) is 52.2 Å². The number of amides is 1. The zero-order chi connectivity index (χ0) is 20.2. The van der Waals surface area contributed by atoms with Gasteiger partial charge in [-0.15, -0.1) is 0 Å². The Balaban J connectivity index is 1.44. The Morgan fingerprint density at radius 2 is 1.97 bits per heavy atom. The van der Waals surface area contributed by atoms with Crippen molar-refractivity contribution in [2.75, 3.05) is 36.4 Å². The molecule has 0 aliphatic carbocycles. The third-order valence-corrected chi connectivity index (χ3v) is 5.27. The predicted molar refractivity (Wildman–Crippen MR) is 113 cm³/mol. The minimum absolute atomic E-state index is 0.0636. The lowest BCUT2D eigenvalue weighted by atomic mass is 10.1. The summed E-state index contributed by atoms with van der Waals surface area (Å²) in [6.45, 7) is 6.93. The summed E-state index contributed by atoms with van der Waals surface area (Å²) in [4.78, 5) is 25.3. The van der Waals surface area contributed by atoms with Crippen LogP contribution in [-0.2, 0) is 6.42 Å². The Hall–Kier alpha value is -3.35. The van der Waals surface area contributed by atoms with Gasteiger partial charge in [0.2, 0.25) is 0 Å². The van der Waals surface area contributed by atoms with Crippen molar-refractivity contribution in [3.8, 4) is 0 Å². The monoisotopic (exact) mass is 391 g/mol. The van der Waals surface area contributed by atoms with Crippen molar-refractivity contribution < 1.29 is 9.21 Å². The summed E-state index contributed by atoms with van der Waals surface area (Å²) in [6.07, 6.45) is 4.06. The van der Waals surface area contributed by atoms with E-state index in [4.69, 9.17) is 4.42 Å². The fourth-order valence-corrected chi connectivity index (χ4v) is 3.61. The van der Waals surface area contributed by atoms with Crippen LogP contribution in [-0.4, -0.2) is 47.0 Å². The van der Waals surface area contributed by atoms with Crippen LogP contribution in [0.3, 0.4) is 0 Å². The van der Waals surface area contributed by atoms with Crippen LogP contribution >= 0.6 is 0 Å². The maximum absolute atomic E-state index is 12.4. The molecule has 0 unspecified atom stereocenters. The molecule has 0 spiro atoms. The molecule has 1 saturated heterocycles. The van der Waals surface area contributed by atoms with Gasteiger partial charge in [-0.05, 0) is 36.6 Å². The number of carbonyl (C=O) groups is 1. The highest BCUT2D eigenvalue weighted by atomic mass is 16.3. The zero-order valence-corrected chi connectivity index (χ0v) is 16.8. The Labute approximate surface area is 170 Å². The number of benzene rings is 1. The third-order valence-electron chi connectivity index (χ3n) is 5.27. The van der Waals surface area contributed by atoms with E-state index in [0.717, 1.165) is 23.7 Å². The van der Waals surface area contributed by atoms with Crippen LogP contribution in [0.4, 0.5) is 17.3 Å². The molecule has 150 valence electrons. The minimum Gasteiger partial charge on any atom is -0.459 e. The average molecular weight is 391 g/mol. The average Bonchev–Trinajstić information content (AvgIpc) is 3.30. The number of rotatable bonds is 5. The Morgan fingerprint density at radius 1 is 1.14 bits per heavy atom. The molecule has 1 N–H and O–H groups in total. The summed E-state index contributed by atoms with van der Waals surface area (Å²) in [5, 5.41) is 3.46. The first-order valence-electron chi connectivity index (χ1n) is 9.91. The van der Waals surface area contributed by atoms with Crippen LogP contribution in [0, 0.1) is 6.92 Å². The number of piperazine rings is 1. The van der Waals surface area contributed by atoms with Crippen LogP contribution in [0.25, 0.3) is 0 Å². The lowest BCUT2D eigenvalue weighted by molar-refractivity contribution is 0.0714. The Bertz CT molecular complexity index is 979. The van der Waals surface area contributed by atoms with Gasteiger partial charge < -0.3 is 19.5 Å². The van der Waals surface area contributed by atoms with E-state index in [-0.39, 0.29) is 5.91 Å². The highest BCUT2D eigenvalue weighted by Gasteiger charge is 2.24. The second-order valence-electron chi connectivity index (χ2n) is 7.11. The lowest BCUT2D eigenvalue weighted by Gasteiger charge is -2.35. The number of hydrogen-bond acceptors (Lipinski definition) is 6. The topological polar surface area (TPSA) is 74.5 Å². The van der Waals surface area contributed by atoms with E-state index < -0.39 is 0 Å². The normalized spacial score (nSPS) is 14.1. The first kappa shape index (κ1) is 19.0. The van der Waals surface area contributed by atoms with Gasteiger partial charge in [-0.25, -0.2) is 9.97 Å². The largest absolute Gasteiger partial charge is 0.459 e. The molecule has 2 aromatic heterocycles. The standard InChI is InChI=1S/C22H25N5O2/c1-3-17-7-4-6-16(2)21(17)25-19-14-20(24-15-23-19)26-9-11-27(12-10-26)22(28)18-8-5-13-29-18/h4-8,13-15H,3,9-12H2,1-2H3,(H,23,24,25). The zero-order valence-electron chi connectivity index (χ0n) is 16.8. The Morgan fingerprint density at radius 3 is 2.69 bits per heavy atom. The van der Waals surface area contributed by atoms with Crippen LogP contribution in [0.2, 0.25) is 0 Å². The summed E-state index contributed by atoms with van der Waals surface area (Å²) in [6, 6.07) is 11.7. The lowest BCUT2D eigenvalue weighted by Crippen LogP contribution is -2.49. The molecular formula is C22H25N5O2. The van der Waals surface area contributed by atoms with Gasteiger partial charge in [-0.2, -0.15) is 0 Å². The van der Waals surface area contributed by atoms with E-state index in [0.29, 0.717) is 31.9 Å². The SMILES string of the molecule is CCc1cccc(C)c1Nc1cc(N2CCN(C(=O)c3ccco3)CC2)ncn1. The molecule has 1 amide bonds. The molecule has 1 aliphatic rings. The molecule has 3 heterocycles. The molecule has 0 saturated carbocycles. The predicted octanol–water partition coefficient (Wildman–Crippen LogP) is 3.65. The summed E-state index contributed by atoms with van der Waals surface area (Å²) in [7, 11) is 0. The first-order valence-corrected chi connectivity index (χ1v) is 9.91. The van der Waals surface area contributed by atoms with E-state index in [1.807, 2.05) is 11.0 Å². The summed E-state index contributed by atoms with van der Waals surface area (Å²) in [5.74, 6) is 1.95. The van der Waals surface area contributed by atoms with Crippen molar-refractivity contribution >= 4 is 23.2 Å². The van der Waals surface area contributed by atoms with Gasteiger partial charge >= 0.3 is 0 Å². The van der Waals surface area contributed by atoms with Crippen LogP contribution in [0.5, 0.6) is 0 Å². The van der Waals surface area contributed by atoms with Gasteiger partial charge in [-0.1, -0.05) is 25.1 Å². The van der Waals surface area contributed by atoms with Gasteiger partial charge in [0.05, 0.1) is 6.26 Å². The number of furan rings is 1. The number of nitrogens with one attached hydrogen (secondary N) is 1. The summed E-state index contributed by atoms with van der Waals surface area (Å²) < 4.78 is 5.23. The van der Waals surface area contributed by atoms with Crippen molar-refractivity contribution in [1.29, 1.82) is 0 Å². The number of aryl methyl sites for hydroxylation is 2. The second-order valence-corrected chi connectivity index (χ2v) is 7.11. The van der Waals surface area contributed by atoms with Gasteiger partial charge in [0, 0.05) is 37.9 Å². The molecule has 7 nitrogen and oxygen atoms in total. The quantitative estimate of drug-likeness (QED) is 0.716. The molecule has 0 radical (unpaired) electrons. The molecule has 29 heavy (non-hydrogen) atoms. The maximum atomic E-state index is 12.4. The molecular weight excluding hydrogens is 366 g/mol. The Kier molecular flexibility index (Phi) is 5.46.